The van der Waals surface area contributed by atoms with E-state index in [1.54, 1.807) is 0 Å². The molecule has 0 aliphatic heterocycles. The van der Waals surface area contributed by atoms with Crippen molar-refractivity contribution in [2.45, 2.75) is 15.2 Å². The number of aliphatic hydroxyl groups is 1. The van der Waals surface area contributed by atoms with Crippen molar-refractivity contribution in [3.63, 3.8) is 0 Å². The van der Waals surface area contributed by atoms with Gasteiger partial charge in [0.1, 0.15) is 0 Å². The molecule has 62 valence electrons. The van der Waals surface area contributed by atoms with Crippen LogP contribution in [0, 0.1) is 0 Å². The van der Waals surface area contributed by atoms with Gasteiger partial charge in [0.15, 0.2) is 9.84 Å². The summed E-state index contributed by atoms with van der Waals surface area (Å²) in [5.41, 5.74) is 0. The van der Waals surface area contributed by atoms with Crippen LogP contribution in [0.15, 0.2) is 0 Å². The van der Waals surface area contributed by atoms with Crippen LogP contribution >= 0.6 is 34.2 Å². The van der Waals surface area contributed by atoms with Crippen molar-refractivity contribution in [1.82, 2.24) is 0 Å². The summed E-state index contributed by atoms with van der Waals surface area (Å²) in [6, 6.07) is 0. The lowest BCUT2D eigenvalue weighted by Crippen LogP contribution is -2.35. The van der Waals surface area contributed by atoms with Crippen molar-refractivity contribution < 1.29 is 13.5 Å². The van der Waals surface area contributed by atoms with E-state index in [-0.39, 0.29) is 0 Å². The molecule has 0 aliphatic carbocycles. The third-order valence-corrected chi connectivity index (χ3v) is 6.77. The monoisotopic (exact) mass is 298 g/mol. The van der Waals surface area contributed by atoms with Gasteiger partial charge in [-0.1, -0.05) is 11.6 Å². The Morgan fingerprint density at radius 3 is 2.00 bits per heavy atom. The van der Waals surface area contributed by atoms with E-state index in [4.69, 9.17) is 16.7 Å². The van der Waals surface area contributed by atoms with E-state index in [0.717, 1.165) is 6.26 Å². The zero-order chi connectivity index (χ0) is 8.58. The van der Waals surface area contributed by atoms with Gasteiger partial charge in [-0.05, 0) is 29.5 Å². The number of rotatable bonds is 2. The molecule has 3 nitrogen and oxygen atoms in total. The molecule has 1 N–H and O–H groups in total. The zero-order valence-electron chi connectivity index (χ0n) is 5.51. The van der Waals surface area contributed by atoms with Gasteiger partial charge in [0, 0.05) is 6.26 Å². The molecule has 0 aromatic carbocycles. The first kappa shape index (κ1) is 10.9. The minimum absolute atomic E-state index is 0.985. The molecule has 0 fully saturated rings. The SMILES string of the molecule is C[C@H](O)[C@@](Cl)(I)S(C)(=O)=O. The molecule has 0 aromatic heterocycles. The van der Waals surface area contributed by atoms with Gasteiger partial charge >= 0.3 is 0 Å². The normalized spacial score (nSPS) is 21.7. The molecule has 0 saturated heterocycles. The molecule has 0 aromatic rings. The van der Waals surface area contributed by atoms with Gasteiger partial charge in [-0.3, -0.25) is 0 Å². The first-order valence-corrected chi connectivity index (χ1v) is 5.80. The summed E-state index contributed by atoms with van der Waals surface area (Å²) in [6.45, 7) is 1.33. The third kappa shape index (κ3) is 2.21. The average molecular weight is 299 g/mol. The molecule has 0 amide bonds. The molecule has 0 heterocycles. The van der Waals surface area contributed by atoms with Crippen molar-refractivity contribution in [3.05, 3.63) is 0 Å². The van der Waals surface area contributed by atoms with Gasteiger partial charge in [-0.15, -0.1) is 0 Å². The van der Waals surface area contributed by atoms with Crippen LogP contribution in [0.4, 0.5) is 0 Å². The van der Waals surface area contributed by atoms with Crippen LogP contribution in [-0.4, -0.2) is 28.1 Å². The topological polar surface area (TPSA) is 54.4 Å². The third-order valence-electron chi connectivity index (χ3n) is 0.981. The highest BCUT2D eigenvalue weighted by Gasteiger charge is 2.40. The number of hydrogen-bond donors (Lipinski definition) is 1. The van der Waals surface area contributed by atoms with Crippen molar-refractivity contribution >= 4 is 44.0 Å². The fraction of sp³-hybridized carbons (Fsp3) is 1.00. The predicted octanol–water partition coefficient (Wildman–Crippen LogP) is 0.739. The molecule has 0 unspecified atom stereocenters. The first-order valence-electron chi connectivity index (χ1n) is 2.45. The quantitative estimate of drug-likeness (QED) is 0.604. The summed E-state index contributed by atoms with van der Waals surface area (Å²) >= 11 is 7.00. The largest absolute Gasteiger partial charge is 0.390 e. The fourth-order valence-electron chi connectivity index (χ4n) is 0.310. The Bertz CT molecular complexity index is 209. The summed E-state index contributed by atoms with van der Waals surface area (Å²) in [5.74, 6) is 0. The van der Waals surface area contributed by atoms with Crippen LogP contribution in [0.1, 0.15) is 6.92 Å². The molecule has 0 radical (unpaired) electrons. The lowest BCUT2D eigenvalue weighted by atomic mass is 10.5. The van der Waals surface area contributed by atoms with Crippen LogP contribution in [-0.2, 0) is 9.84 Å². The second-order valence-corrected chi connectivity index (χ2v) is 8.09. The molecule has 10 heavy (non-hydrogen) atoms. The Balaban J connectivity index is 4.76. The maximum Gasteiger partial charge on any atom is 0.220 e. The lowest BCUT2D eigenvalue weighted by molar-refractivity contribution is 0.204. The second-order valence-electron chi connectivity index (χ2n) is 2.01. The van der Waals surface area contributed by atoms with E-state index in [2.05, 4.69) is 0 Å². The summed E-state index contributed by atoms with van der Waals surface area (Å²) < 4.78 is 20.0. The van der Waals surface area contributed by atoms with E-state index in [0.29, 0.717) is 0 Å². The highest BCUT2D eigenvalue weighted by atomic mass is 127. The van der Waals surface area contributed by atoms with E-state index in [1.165, 1.54) is 29.5 Å². The maximum absolute atomic E-state index is 10.8. The number of sulfone groups is 1. The Morgan fingerprint density at radius 1 is 1.70 bits per heavy atom. The van der Waals surface area contributed by atoms with Crippen LogP contribution in [0.5, 0.6) is 0 Å². The Labute approximate surface area is 78.8 Å². The first-order chi connectivity index (χ1) is 4.19. The molecular weight excluding hydrogens is 290 g/mol. The van der Waals surface area contributed by atoms with E-state index in [1.807, 2.05) is 0 Å². The van der Waals surface area contributed by atoms with Gasteiger partial charge in [0.05, 0.1) is 6.10 Å². The smallest absolute Gasteiger partial charge is 0.220 e. The van der Waals surface area contributed by atoms with Crippen LogP contribution in [0.2, 0.25) is 0 Å². The minimum atomic E-state index is -3.40. The van der Waals surface area contributed by atoms with Gasteiger partial charge in [0.2, 0.25) is 2.21 Å². The highest BCUT2D eigenvalue weighted by molar-refractivity contribution is 14.1. The summed E-state index contributed by atoms with van der Waals surface area (Å²) in [7, 11) is -3.40. The van der Waals surface area contributed by atoms with Gasteiger partial charge in [-0.25, -0.2) is 8.42 Å². The Hall–Kier alpha value is 0.930. The molecular formula is C4H8ClIO3S. The molecule has 0 bridgehead atoms. The lowest BCUT2D eigenvalue weighted by Gasteiger charge is -2.20. The Morgan fingerprint density at radius 2 is 2.00 bits per heavy atom. The van der Waals surface area contributed by atoms with E-state index in [9.17, 15) is 8.42 Å². The molecule has 6 heteroatoms. The fourth-order valence-corrected chi connectivity index (χ4v) is 0.929. The standard InChI is InChI=1S/C4H8ClIO3S/c1-3(7)4(5,6)10(2,8)9/h3,7H,1-2H3/t3-,4+/m0/s1. The van der Waals surface area contributed by atoms with Crippen molar-refractivity contribution in [2.75, 3.05) is 6.26 Å². The second kappa shape index (κ2) is 3.12. The van der Waals surface area contributed by atoms with Gasteiger partial charge < -0.3 is 5.11 Å². The Kier molecular flexibility index (Phi) is 3.41. The van der Waals surface area contributed by atoms with Crippen molar-refractivity contribution in [2.24, 2.45) is 0 Å². The average Bonchev–Trinajstić information content (AvgIpc) is 1.62. The molecule has 2 atom stereocenters. The minimum Gasteiger partial charge on any atom is -0.390 e. The predicted molar refractivity (Wildman–Crippen MR) is 49.1 cm³/mol. The molecule has 0 spiro atoms. The van der Waals surface area contributed by atoms with Crippen molar-refractivity contribution in [3.8, 4) is 0 Å². The highest BCUT2D eigenvalue weighted by Crippen LogP contribution is 2.33. The van der Waals surface area contributed by atoms with E-state index < -0.39 is 18.2 Å². The number of halogens is 2. The molecule has 0 aliphatic rings. The van der Waals surface area contributed by atoms with Gasteiger partial charge in [-0.2, -0.15) is 0 Å². The summed E-state index contributed by atoms with van der Waals surface area (Å²) in [4.78, 5) is 0. The maximum atomic E-state index is 10.8. The van der Waals surface area contributed by atoms with Crippen LogP contribution < -0.4 is 0 Å². The number of alkyl halides is 2. The number of hydrogen-bond acceptors (Lipinski definition) is 3. The summed E-state index contributed by atoms with van der Waals surface area (Å²) in [5, 5.41) is 8.90. The van der Waals surface area contributed by atoms with Crippen LogP contribution in [0.25, 0.3) is 0 Å². The zero-order valence-corrected chi connectivity index (χ0v) is 9.24. The molecule has 0 saturated carbocycles. The van der Waals surface area contributed by atoms with Crippen LogP contribution in [0.3, 0.4) is 0 Å². The molecule has 0 rings (SSSR count). The van der Waals surface area contributed by atoms with E-state index >= 15 is 0 Å². The number of aliphatic hydroxyl groups excluding tert-OH is 1. The van der Waals surface area contributed by atoms with Gasteiger partial charge in [0.25, 0.3) is 0 Å². The van der Waals surface area contributed by atoms with Crippen molar-refractivity contribution in [1.29, 1.82) is 0 Å². The summed E-state index contributed by atoms with van der Waals surface area (Å²) in [6.07, 6.45) is -0.0936.